The van der Waals surface area contributed by atoms with E-state index in [0.717, 1.165) is 19.7 Å². The minimum atomic E-state index is 0.296. The van der Waals surface area contributed by atoms with Gasteiger partial charge in [-0.15, -0.1) is 11.3 Å². The van der Waals surface area contributed by atoms with Gasteiger partial charge in [-0.3, -0.25) is 4.90 Å². The molecule has 0 aliphatic rings. The van der Waals surface area contributed by atoms with Crippen molar-refractivity contribution in [2.75, 3.05) is 20.2 Å². The summed E-state index contributed by atoms with van der Waals surface area (Å²) >= 11 is 1.81. The molecule has 0 fully saturated rings. The third kappa shape index (κ3) is 3.79. The molecule has 0 bridgehead atoms. The molecule has 20 heavy (non-hydrogen) atoms. The molecule has 1 aromatic heterocycles. The van der Waals surface area contributed by atoms with Gasteiger partial charge in [0, 0.05) is 29.2 Å². The Bertz CT molecular complexity index is 550. The Hall–Kier alpha value is -0.940. The quantitative estimate of drug-likeness (QED) is 0.851. The maximum Gasteiger partial charge on any atom is 0.0596 e. The normalized spacial score (nSPS) is 11.9. The lowest BCUT2D eigenvalue weighted by atomic mass is 10.1. The first-order chi connectivity index (χ1) is 9.61. The van der Waals surface area contributed by atoms with Gasteiger partial charge < -0.3 is 10.5 Å². The molecule has 0 spiro atoms. The van der Waals surface area contributed by atoms with Crippen molar-refractivity contribution in [2.24, 2.45) is 5.73 Å². The zero-order valence-corrected chi connectivity index (χ0v) is 13.4. The molecule has 0 aliphatic heterocycles. The molecule has 0 atom stereocenters. The van der Waals surface area contributed by atoms with Crippen molar-refractivity contribution in [1.29, 1.82) is 0 Å². The Morgan fingerprint density at radius 3 is 2.75 bits per heavy atom. The summed E-state index contributed by atoms with van der Waals surface area (Å²) in [7, 11) is 2.14. The van der Waals surface area contributed by atoms with Gasteiger partial charge in [0.25, 0.3) is 0 Å². The summed E-state index contributed by atoms with van der Waals surface area (Å²) in [5, 5.41) is 1.34. The third-order valence-electron chi connectivity index (χ3n) is 3.32. The van der Waals surface area contributed by atoms with Crippen LogP contribution >= 0.6 is 11.3 Å². The van der Waals surface area contributed by atoms with E-state index in [-0.39, 0.29) is 0 Å². The van der Waals surface area contributed by atoms with Gasteiger partial charge in [0.05, 0.1) is 12.7 Å². The van der Waals surface area contributed by atoms with Gasteiger partial charge in [-0.25, -0.2) is 0 Å². The summed E-state index contributed by atoms with van der Waals surface area (Å²) in [4.78, 5) is 3.60. The fraction of sp³-hybridized carbons (Fsp3) is 0.500. The number of nitrogens with zero attached hydrogens (tertiary/aromatic N) is 1. The number of thiophene rings is 1. The Balaban J connectivity index is 2.08. The minimum Gasteiger partial charge on any atom is -0.377 e. The molecule has 2 rings (SSSR count). The summed E-state index contributed by atoms with van der Waals surface area (Å²) in [6.45, 7) is 7.39. The van der Waals surface area contributed by atoms with Crippen molar-refractivity contribution in [3.05, 3.63) is 34.7 Å². The standard InChI is InChI=1S/C16H24N2OS/c1-12(2)19-9-8-18(3)11-14-13-6-4-5-7-15(13)20-16(14)10-17/h4-7,12H,8-11,17H2,1-3H3. The van der Waals surface area contributed by atoms with E-state index in [1.54, 1.807) is 0 Å². The average Bonchev–Trinajstić information content (AvgIpc) is 2.76. The van der Waals surface area contributed by atoms with Crippen LogP contribution in [0.5, 0.6) is 0 Å². The smallest absolute Gasteiger partial charge is 0.0596 e. The van der Waals surface area contributed by atoms with E-state index < -0.39 is 0 Å². The van der Waals surface area contributed by atoms with Crippen LogP contribution in [0.25, 0.3) is 10.1 Å². The van der Waals surface area contributed by atoms with Crippen LogP contribution in [0.4, 0.5) is 0 Å². The predicted molar refractivity (Wildman–Crippen MR) is 87.1 cm³/mol. The van der Waals surface area contributed by atoms with Gasteiger partial charge in [-0.05, 0) is 37.9 Å². The Kier molecular flexibility index (Phi) is 5.54. The highest BCUT2D eigenvalue weighted by Crippen LogP contribution is 2.31. The second-order valence-electron chi connectivity index (χ2n) is 5.36. The third-order valence-corrected chi connectivity index (χ3v) is 4.55. The van der Waals surface area contributed by atoms with Crippen molar-refractivity contribution in [3.63, 3.8) is 0 Å². The molecule has 0 saturated heterocycles. The molecule has 1 heterocycles. The first-order valence-electron chi connectivity index (χ1n) is 7.11. The molecule has 0 radical (unpaired) electrons. The average molecular weight is 292 g/mol. The summed E-state index contributed by atoms with van der Waals surface area (Å²) in [5.41, 5.74) is 7.27. The maximum atomic E-state index is 5.90. The highest BCUT2D eigenvalue weighted by atomic mass is 32.1. The first-order valence-corrected chi connectivity index (χ1v) is 7.93. The van der Waals surface area contributed by atoms with Gasteiger partial charge in [0.15, 0.2) is 0 Å². The largest absolute Gasteiger partial charge is 0.377 e. The van der Waals surface area contributed by atoms with Crippen LogP contribution in [0, 0.1) is 0 Å². The van der Waals surface area contributed by atoms with Crippen LogP contribution in [-0.2, 0) is 17.8 Å². The molecular formula is C16H24N2OS. The van der Waals surface area contributed by atoms with E-state index in [1.165, 1.54) is 20.5 Å². The summed E-state index contributed by atoms with van der Waals surface area (Å²) in [6, 6.07) is 8.55. The number of benzene rings is 1. The molecule has 1 aromatic carbocycles. The van der Waals surface area contributed by atoms with Gasteiger partial charge in [-0.2, -0.15) is 0 Å². The van der Waals surface area contributed by atoms with Gasteiger partial charge in [0.1, 0.15) is 0 Å². The first kappa shape index (κ1) is 15.4. The summed E-state index contributed by atoms with van der Waals surface area (Å²) in [5.74, 6) is 0. The maximum absolute atomic E-state index is 5.90. The summed E-state index contributed by atoms with van der Waals surface area (Å²) < 4.78 is 6.94. The van der Waals surface area contributed by atoms with Crippen molar-refractivity contribution >= 4 is 21.4 Å². The van der Waals surface area contributed by atoms with Crippen LogP contribution in [0.2, 0.25) is 0 Å². The topological polar surface area (TPSA) is 38.5 Å². The highest BCUT2D eigenvalue weighted by Gasteiger charge is 2.12. The zero-order valence-electron chi connectivity index (χ0n) is 12.6. The Labute approximate surface area is 125 Å². The lowest BCUT2D eigenvalue weighted by Crippen LogP contribution is -2.24. The van der Waals surface area contributed by atoms with E-state index in [4.69, 9.17) is 10.5 Å². The van der Waals surface area contributed by atoms with Crippen LogP contribution in [0.3, 0.4) is 0 Å². The molecule has 2 aromatic rings. The molecule has 0 amide bonds. The monoisotopic (exact) mass is 292 g/mol. The Morgan fingerprint density at radius 2 is 2.05 bits per heavy atom. The van der Waals surface area contributed by atoms with E-state index >= 15 is 0 Å². The number of fused-ring (bicyclic) bond motifs is 1. The number of rotatable bonds is 7. The van der Waals surface area contributed by atoms with Crippen LogP contribution in [0.1, 0.15) is 24.3 Å². The number of nitrogens with two attached hydrogens (primary N) is 1. The van der Waals surface area contributed by atoms with Crippen LogP contribution in [-0.4, -0.2) is 31.2 Å². The lowest BCUT2D eigenvalue weighted by Gasteiger charge is -2.18. The minimum absolute atomic E-state index is 0.296. The van der Waals surface area contributed by atoms with Crippen molar-refractivity contribution in [1.82, 2.24) is 4.90 Å². The van der Waals surface area contributed by atoms with Crippen molar-refractivity contribution < 1.29 is 4.74 Å². The van der Waals surface area contributed by atoms with Crippen molar-refractivity contribution in [2.45, 2.75) is 33.0 Å². The lowest BCUT2D eigenvalue weighted by molar-refractivity contribution is 0.0627. The second-order valence-corrected chi connectivity index (χ2v) is 6.50. The molecule has 4 heteroatoms. The predicted octanol–water partition coefficient (Wildman–Crippen LogP) is 3.22. The molecule has 0 unspecified atom stereocenters. The molecule has 3 nitrogen and oxygen atoms in total. The molecule has 0 aliphatic carbocycles. The number of likely N-dealkylation sites (N-methyl/N-ethyl adjacent to an activating group) is 1. The molecule has 2 N–H and O–H groups in total. The second kappa shape index (κ2) is 7.18. The highest BCUT2D eigenvalue weighted by molar-refractivity contribution is 7.19. The molecule has 0 saturated carbocycles. The van der Waals surface area contributed by atoms with E-state index in [9.17, 15) is 0 Å². The fourth-order valence-electron chi connectivity index (χ4n) is 2.28. The number of hydrogen-bond acceptors (Lipinski definition) is 4. The zero-order chi connectivity index (χ0) is 14.5. The van der Waals surface area contributed by atoms with Crippen molar-refractivity contribution in [3.8, 4) is 0 Å². The van der Waals surface area contributed by atoms with E-state index in [1.807, 2.05) is 11.3 Å². The van der Waals surface area contributed by atoms with Gasteiger partial charge >= 0.3 is 0 Å². The Morgan fingerprint density at radius 1 is 1.30 bits per heavy atom. The van der Waals surface area contributed by atoms with Gasteiger partial charge in [-0.1, -0.05) is 18.2 Å². The van der Waals surface area contributed by atoms with Crippen LogP contribution in [0.15, 0.2) is 24.3 Å². The SMILES string of the molecule is CC(C)OCCN(C)Cc1c(CN)sc2ccccc12. The number of hydrogen-bond donors (Lipinski definition) is 1. The number of ether oxygens (including phenoxy) is 1. The fourth-order valence-corrected chi connectivity index (χ4v) is 3.38. The molecular weight excluding hydrogens is 268 g/mol. The summed E-state index contributed by atoms with van der Waals surface area (Å²) in [6.07, 6.45) is 0.296. The van der Waals surface area contributed by atoms with E-state index in [0.29, 0.717) is 12.6 Å². The van der Waals surface area contributed by atoms with E-state index in [2.05, 4.69) is 50.1 Å². The molecule has 110 valence electrons. The van der Waals surface area contributed by atoms with Crippen LogP contribution < -0.4 is 5.73 Å². The van der Waals surface area contributed by atoms with Gasteiger partial charge in [0.2, 0.25) is 0 Å².